The van der Waals surface area contributed by atoms with Gasteiger partial charge >= 0.3 is 6.61 Å². The zero-order chi connectivity index (χ0) is 19.6. The summed E-state index contributed by atoms with van der Waals surface area (Å²) in [5, 5.41) is 6.33. The van der Waals surface area contributed by atoms with Crippen LogP contribution in [0.4, 0.5) is 8.78 Å². The molecule has 9 heteroatoms. The molecule has 152 valence electrons. The van der Waals surface area contributed by atoms with Crippen LogP contribution in [-0.4, -0.2) is 57.5 Å². The number of fused-ring (bicyclic) bond motifs is 1. The van der Waals surface area contributed by atoms with Gasteiger partial charge in [0.15, 0.2) is 17.5 Å². The summed E-state index contributed by atoms with van der Waals surface area (Å²) in [6.07, 6.45) is 0.978. The fraction of sp³-hybridized carbons (Fsp3) is 0.611. The molecule has 0 radical (unpaired) electrons. The molecular weight excluding hydrogens is 358 g/mol. The summed E-state index contributed by atoms with van der Waals surface area (Å²) in [5.41, 5.74) is 0.533. The summed E-state index contributed by atoms with van der Waals surface area (Å²) in [6.45, 7) is 5.51. The molecule has 0 fully saturated rings. The minimum absolute atomic E-state index is 0.0544. The highest BCUT2D eigenvalue weighted by Gasteiger charge is 2.20. The molecule has 1 aromatic rings. The molecule has 0 aliphatic carbocycles. The molecular formula is C18H28F2N4O3. The predicted molar refractivity (Wildman–Crippen MR) is 99.8 cm³/mol. The maximum absolute atomic E-state index is 12.7. The summed E-state index contributed by atoms with van der Waals surface area (Å²) in [4.78, 5) is 6.50. The number of hydrogen-bond acceptors (Lipinski definition) is 5. The SMILES string of the molecule is CCN(CC)CCCNC(=NC)NCc1cc2c(cc1OC(F)F)OCO2. The summed E-state index contributed by atoms with van der Waals surface area (Å²) in [6, 6.07) is 3.06. The van der Waals surface area contributed by atoms with Gasteiger partial charge in [-0.3, -0.25) is 4.99 Å². The van der Waals surface area contributed by atoms with Gasteiger partial charge in [-0.25, -0.2) is 0 Å². The molecule has 1 aliphatic heterocycles. The van der Waals surface area contributed by atoms with Crippen molar-refractivity contribution < 1.29 is 23.0 Å². The maximum atomic E-state index is 12.7. The van der Waals surface area contributed by atoms with E-state index in [1.165, 1.54) is 6.07 Å². The zero-order valence-electron chi connectivity index (χ0n) is 16.1. The third-order valence-corrected chi connectivity index (χ3v) is 4.28. The number of benzene rings is 1. The van der Waals surface area contributed by atoms with Gasteiger partial charge in [0.1, 0.15) is 5.75 Å². The normalized spacial score (nSPS) is 13.4. The van der Waals surface area contributed by atoms with Crippen LogP contribution in [0.15, 0.2) is 17.1 Å². The highest BCUT2D eigenvalue weighted by molar-refractivity contribution is 5.79. The largest absolute Gasteiger partial charge is 0.454 e. The molecule has 2 N–H and O–H groups in total. The minimum atomic E-state index is -2.92. The molecule has 0 bridgehead atoms. The number of rotatable bonds is 10. The second-order valence-electron chi connectivity index (χ2n) is 5.92. The molecule has 0 saturated heterocycles. The van der Waals surface area contributed by atoms with E-state index in [1.807, 2.05) is 0 Å². The van der Waals surface area contributed by atoms with Crippen molar-refractivity contribution in [3.05, 3.63) is 17.7 Å². The van der Waals surface area contributed by atoms with Crippen molar-refractivity contribution in [2.45, 2.75) is 33.4 Å². The molecule has 0 atom stereocenters. The second kappa shape index (κ2) is 10.8. The van der Waals surface area contributed by atoms with Gasteiger partial charge in [0.05, 0.1) is 0 Å². The number of alkyl halides is 2. The van der Waals surface area contributed by atoms with Crippen LogP contribution in [0.1, 0.15) is 25.8 Å². The van der Waals surface area contributed by atoms with Crippen molar-refractivity contribution in [3.8, 4) is 17.2 Å². The lowest BCUT2D eigenvalue weighted by Crippen LogP contribution is -2.38. The van der Waals surface area contributed by atoms with E-state index in [0.717, 1.165) is 32.6 Å². The van der Waals surface area contributed by atoms with E-state index in [2.05, 4.69) is 39.1 Å². The molecule has 7 nitrogen and oxygen atoms in total. The van der Waals surface area contributed by atoms with Crippen molar-refractivity contribution >= 4 is 5.96 Å². The lowest BCUT2D eigenvalue weighted by atomic mass is 10.1. The monoisotopic (exact) mass is 386 g/mol. The first-order chi connectivity index (χ1) is 13.1. The van der Waals surface area contributed by atoms with Crippen LogP contribution in [0.25, 0.3) is 0 Å². The van der Waals surface area contributed by atoms with E-state index < -0.39 is 6.61 Å². The van der Waals surface area contributed by atoms with E-state index in [9.17, 15) is 8.78 Å². The minimum Gasteiger partial charge on any atom is -0.454 e. The summed E-state index contributed by atoms with van der Waals surface area (Å²) in [7, 11) is 1.66. The van der Waals surface area contributed by atoms with Gasteiger partial charge in [-0.1, -0.05) is 13.8 Å². The van der Waals surface area contributed by atoms with E-state index >= 15 is 0 Å². The van der Waals surface area contributed by atoms with Gasteiger partial charge in [0.25, 0.3) is 0 Å². The van der Waals surface area contributed by atoms with Gasteiger partial charge < -0.3 is 29.7 Å². The van der Waals surface area contributed by atoms with E-state index in [-0.39, 0.29) is 19.1 Å². The van der Waals surface area contributed by atoms with Crippen LogP contribution in [0.2, 0.25) is 0 Å². The Hall–Kier alpha value is -2.29. The van der Waals surface area contributed by atoms with Gasteiger partial charge in [0.2, 0.25) is 6.79 Å². The van der Waals surface area contributed by atoms with Crippen LogP contribution in [0, 0.1) is 0 Å². The summed E-state index contributed by atoms with van der Waals surface area (Å²) < 4.78 is 40.5. The molecule has 27 heavy (non-hydrogen) atoms. The molecule has 2 rings (SSSR count). The van der Waals surface area contributed by atoms with Gasteiger partial charge in [-0.2, -0.15) is 8.78 Å². The molecule has 1 aliphatic rings. The summed E-state index contributed by atoms with van der Waals surface area (Å²) >= 11 is 0. The zero-order valence-corrected chi connectivity index (χ0v) is 16.1. The first-order valence-corrected chi connectivity index (χ1v) is 9.11. The Balaban J connectivity index is 1.90. The number of aliphatic imine (C=N–C) groups is 1. The van der Waals surface area contributed by atoms with Crippen LogP contribution < -0.4 is 24.8 Å². The van der Waals surface area contributed by atoms with Crippen molar-refractivity contribution in [2.24, 2.45) is 4.99 Å². The Labute approximate surface area is 158 Å². The molecule has 0 aromatic heterocycles. The van der Waals surface area contributed by atoms with Gasteiger partial charge in [-0.05, 0) is 32.1 Å². The standard InChI is InChI=1S/C18H28F2N4O3/c1-4-24(5-2)8-6-7-22-18(21-3)23-11-13-9-15-16(26-12-25-15)10-14(13)27-17(19)20/h9-10,17H,4-8,11-12H2,1-3H3,(H2,21,22,23). The topological polar surface area (TPSA) is 67.4 Å². The predicted octanol–water partition coefficient (Wildman–Crippen LogP) is 2.41. The molecule has 0 saturated carbocycles. The van der Waals surface area contributed by atoms with Gasteiger partial charge in [-0.15, -0.1) is 0 Å². The molecule has 0 amide bonds. The van der Waals surface area contributed by atoms with E-state index in [1.54, 1.807) is 13.1 Å². The van der Waals surface area contributed by atoms with Crippen molar-refractivity contribution in [3.63, 3.8) is 0 Å². The average Bonchev–Trinajstić information content (AvgIpc) is 3.10. The smallest absolute Gasteiger partial charge is 0.387 e. The summed E-state index contributed by atoms with van der Waals surface area (Å²) in [5.74, 6) is 1.55. The molecule has 0 unspecified atom stereocenters. The highest BCUT2D eigenvalue weighted by Crippen LogP contribution is 2.38. The Bertz CT molecular complexity index is 625. The Kier molecular flexibility index (Phi) is 8.38. The Morgan fingerprint density at radius 3 is 2.56 bits per heavy atom. The van der Waals surface area contributed by atoms with Crippen molar-refractivity contribution in [2.75, 3.05) is 40.0 Å². The lowest BCUT2D eigenvalue weighted by Gasteiger charge is -2.18. The molecule has 1 heterocycles. The number of nitrogens with one attached hydrogen (secondary N) is 2. The fourth-order valence-corrected chi connectivity index (χ4v) is 2.76. The van der Waals surface area contributed by atoms with E-state index in [4.69, 9.17) is 9.47 Å². The van der Waals surface area contributed by atoms with Crippen molar-refractivity contribution in [1.82, 2.24) is 15.5 Å². The third kappa shape index (κ3) is 6.42. The average molecular weight is 386 g/mol. The first kappa shape index (κ1) is 21.0. The van der Waals surface area contributed by atoms with Crippen LogP contribution >= 0.6 is 0 Å². The lowest BCUT2D eigenvalue weighted by molar-refractivity contribution is -0.0505. The Morgan fingerprint density at radius 1 is 1.22 bits per heavy atom. The number of halogens is 2. The first-order valence-electron chi connectivity index (χ1n) is 9.11. The fourth-order valence-electron chi connectivity index (χ4n) is 2.76. The highest BCUT2D eigenvalue weighted by atomic mass is 19.3. The second-order valence-corrected chi connectivity index (χ2v) is 5.92. The van der Waals surface area contributed by atoms with E-state index in [0.29, 0.717) is 23.0 Å². The van der Waals surface area contributed by atoms with Crippen molar-refractivity contribution in [1.29, 1.82) is 0 Å². The Morgan fingerprint density at radius 2 is 1.93 bits per heavy atom. The maximum Gasteiger partial charge on any atom is 0.387 e. The number of nitrogens with zero attached hydrogens (tertiary/aromatic N) is 2. The molecule has 0 spiro atoms. The van der Waals surface area contributed by atoms with Crippen LogP contribution in [0.3, 0.4) is 0 Å². The number of hydrogen-bond donors (Lipinski definition) is 2. The quantitative estimate of drug-likeness (QED) is 0.366. The van der Waals surface area contributed by atoms with Crippen LogP contribution in [-0.2, 0) is 6.54 Å². The third-order valence-electron chi connectivity index (χ3n) is 4.28. The number of ether oxygens (including phenoxy) is 3. The van der Waals surface area contributed by atoms with Crippen LogP contribution in [0.5, 0.6) is 17.2 Å². The van der Waals surface area contributed by atoms with Gasteiger partial charge in [0, 0.05) is 31.8 Å². The number of guanidine groups is 1. The molecule has 1 aromatic carbocycles.